The summed E-state index contributed by atoms with van der Waals surface area (Å²) in [7, 11) is 0. The van der Waals surface area contributed by atoms with E-state index in [1.807, 2.05) is 0 Å². The third-order valence-corrected chi connectivity index (χ3v) is 5.57. The predicted octanol–water partition coefficient (Wildman–Crippen LogP) is 3.87. The highest BCUT2D eigenvalue weighted by Gasteiger charge is 2.31. The number of benzene rings is 1. The Balaban J connectivity index is 1.74. The van der Waals surface area contributed by atoms with Gasteiger partial charge in [-0.2, -0.15) is 0 Å². The number of hydrogen-bond donors (Lipinski definition) is 1. The molecule has 110 valence electrons. The maximum Gasteiger partial charge on any atom is 0.190 e. The van der Waals surface area contributed by atoms with Gasteiger partial charge in [-0.05, 0) is 44.2 Å². The Hall–Kier alpha value is -1.39. The van der Waals surface area contributed by atoms with Gasteiger partial charge in [0.15, 0.2) is 5.13 Å². The van der Waals surface area contributed by atoms with Crippen molar-refractivity contribution in [3.8, 4) is 0 Å². The van der Waals surface area contributed by atoms with Crippen molar-refractivity contribution >= 4 is 22.2 Å². The zero-order valence-corrected chi connectivity index (χ0v) is 13.2. The summed E-state index contributed by atoms with van der Waals surface area (Å²) in [5, 5.41) is 1.14. The molecule has 1 aliphatic heterocycles. The second-order valence-corrected chi connectivity index (χ2v) is 7.23. The van der Waals surface area contributed by atoms with Gasteiger partial charge in [-0.25, -0.2) is 4.98 Å². The van der Waals surface area contributed by atoms with Crippen molar-refractivity contribution < 1.29 is 0 Å². The highest BCUT2D eigenvalue weighted by molar-refractivity contribution is 7.15. The number of nitrogens with two attached hydrogens (primary N) is 1. The summed E-state index contributed by atoms with van der Waals surface area (Å²) in [6.07, 6.45) is 4.95. The van der Waals surface area contributed by atoms with Crippen LogP contribution in [0.1, 0.15) is 46.9 Å². The van der Waals surface area contributed by atoms with Crippen LogP contribution in [0.3, 0.4) is 0 Å². The second kappa shape index (κ2) is 5.11. The van der Waals surface area contributed by atoms with Crippen LogP contribution >= 0.6 is 11.3 Å². The van der Waals surface area contributed by atoms with Crippen molar-refractivity contribution in [3.05, 3.63) is 39.9 Å². The Bertz CT molecular complexity index is 673. The molecule has 1 aromatic carbocycles. The molecule has 4 rings (SSSR count). The average molecular weight is 299 g/mol. The van der Waals surface area contributed by atoms with Gasteiger partial charge in [0.05, 0.1) is 5.69 Å². The number of aryl methyl sites for hydroxylation is 2. The molecule has 3 nitrogen and oxygen atoms in total. The van der Waals surface area contributed by atoms with Gasteiger partial charge in [-0.3, -0.25) is 0 Å². The first-order valence-electron chi connectivity index (χ1n) is 7.83. The van der Waals surface area contributed by atoms with E-state index in [1.54, 1.807) is 11.3 Å². The lowest BCUT2D eigenvalue weighted by molar-refractivity contribution is 0.762. The van der Waals surface area contributed by atoms with E-state index in [0.717, 1.165) is 11.7 Å². The van der Waals surface area contributed by atoms with Crippen molar-refractivity contribution in [3.63, 3.8) is 0 Å². The summed E-state index contributed by atoms with van der Waals surface area (Å²) in [4.78, 5) is 8.63. The van der Waals surface area contributed by atoms with Crippen LogP contribution in [0.5, 0.6) is 0 Å². The summed E-state index contributed by atoms with van der Waals surface area (Å²) in [5.41, 5.74) is 11.3. The van der Waals surface area contributed by atoms with Gasteiger partial charge in [0.1, 0.15) is 0 Å². The monoisotopic (exact) mass is 299 g/mol. The Kier molecular flexibility index (Phi) is 3.23. The lowest BCUT2D eigenvalue weighted by Crippen LogP contribution is -2.24. The smallest absolute Gasteiger partial charge is 0.190 e. The van der Waals surface area contributed by atoms with E-state index in [-0.39, 0.29) is 0 Å². The second-order valence-electron chi connectivity index (χ2n) is 6.17. The summed E-state index contributed by atoms with van der Waals surface area (Å²) in [6, 6.07) is 6.78. The fourth-order valence-corrected chi connectivity index (χ4v) is 4.28. The Morgan fingerprint density at radius 1 is 1.38 bits per heavy atom. The minimum Gasteiger partial charge on any atom is -0.326 e. The molecular weight excluding hydrogens is 278 g/mol. The zero-order valence-electron chi connectivity index (χ0n) is 12.4. The summed E-state index contributed by atoms with van der Waals surface area (Å²) in [5.74, 6) is 0.677. The molecule has 21 heavy (non-hydrogen) atoms. The van der Waals surface area contributed by atoms with Crippen molar-refractivity contribution in [2.75, 3.05) is 11.4 Å². The SMILES string of the molecule is Cc1ccc2c(c1)CCCN2c1nc(C2CC2)c(CN)s1. The molecular formula is C17H21N3S. The van der Waals surface area contributed by atoms with E-state index < -0.39 is 0 Å². The van der Waals surface area contributed by atoms with Gasteiger partial charge < -0.3 is 10.6 Å². The maximum atomic E-state index is 5.93. The number of rotatable bonds is 3. The van der Waals surface area contributed by atoms with Crippen molar-refractivity contribution in [2.24, 2.45) is 5.73 Å². The van der Waals surface area contributed by atoms with Gasteiger partial charge in [0, 0.05) is 29.6 Å². The molecule has 2 aliphatic rings. The molecule has 0 spiro atoms. The molecule has 0 amide bonds. The quantitative estimate of drug-likeness (QED) is 0.935. The predicted molar refractivity (Wildman–Crippen MR) is 88.5 cm³/mol. The first-order chi connectivity index (χ1) is 10.3. The largest absolute Gasteiger partial charge is 0.326 e. The van der Waals surface area contributed by atoms with E-state index in [4.69, 9.17) is 10.7 Å². The van der Waals surface area contributed by atoms with Crippen molar-refractivity contribution in [2.45, 2.75) is 45.1 Å². The molecule has 1 aliphatic carbocycles. The normalized spacial score (nSPS) is 17.9. The lowest BCUT2D eigenvalue weighted by Gasteiger charge is -2.29. The van der Waals surface area contributed by atoms with E-state index >= 15 is 0 Å². The molecule has 0 saturated heterocycles. The number of anilines is 2. The first-order valence-corrected chi connectivity index (χ1v) is 8.64. The third kappa shape index (κ3) is 2.36. The molecule has 1 aromatic heterocycles. The summed E-state index contributed by atoms with van der Waals surface area (Å²) >= 11 is 1.79. The van der Waals surface area contributed by atoms with Crippen LogP contribution in [-0.4, -0.2) is 11.5 Å². The molecule has 2 aromatic rings. The van der Waals surface area contributed by atoms with Gasteiger partial charge in [-0.15, -0.1) is 0 Å². The molecule has 2 heterocycles. The minimum absolute atomic E-state index is 0.623. The fourth-order valence-electron chi connectivity index (χ4n) is 3.21. The molecule has 0 atom stereocenters. The highest BCUT2D eigenvalue weighted by atomic mass is 32.1. The fraction of sp³-hybridized carbons (Fsp3) is 0.471. The van der Waals surface area contributed by atoms with Gasteiger partial charge in [0.25, 0.3) is 0 Å². The maximum absolute atomic E-state index is 5.93. The molecule has 1 saturated carbocycles. The Morgan fingerprint density at radius 2 is 2.24 bits per heavy atom. The van der Waals surface area contributed by atoms with Crippen LogP contribution in [0.15, 0.2) is 18.2 Å². The average Bonchev–Trinajstić information content (AvgIpc) is 3.25. The highest BCUT2D eigenvalue weighted by Crippen LogP contribution is 2.45. The molecule has 4 heteroatoms. The number of nitrogens with zero attached hydrogens (tertiary/aromatic N) is 2. The number of hydrogen-bond acceptors (Lipinski definition) is 4. The number of aromatic nitrogens is 1. The van der Waals surface area contributed by atoms with E-state index in [0.29, 0.717) is 12.5 Å². The third-order valence-electron chi connectivity index (χ3n) is 4.45. The molecule has 1 fully saturated rings. The standard InChI is InChI=1S/C17H21N3S/c1-11-4-7-14-13(9-11)3-2-8-20(14)17-19-16(12-5-6-12)15(10-18)21-17/h4,7,9,12H,2-3,5-6,8,10,18H2,1H3. The van der Waals surface area contributed by atoms with E-state index in [2.05, 4.69) is 30.0 Å². The Labute approximate surface area is 129 Å². The summed E-state index contributed by atoms with van der Waals surface area (Å²) < 4.78 is 0. The van der Waals surface area contributed by atoms with Crippen LogP contribution in [0.4, 0.5) is 10.8 Å². The lowest BCUT2D eigenvalue weighted by atomic mass is 10.00. The molecule has 2 N–H and O–H groups in total. The Morgan fingerprint density at radius 3 is 3.00 bits per heavy atom. The first kappa shape index (κ1) is 13.3. The number of thiazole rings is 1. The van der Waals surface area contributed by atoms with Crippen LogP contribution in [0, 0.1) is 6.92 Å². The van der Waals surface area contributed by atoms with Gasteiger partial charge >= 0.3 is 0 Å². The number of fused-ring (bicyclic) bond motifs is 1. The van der Waals surface area contributed by atoms with Gasteiger partial charge in [0.2, 0.25) is 0 Å². The summed E-state index contributed by atoms with van der Waals surface area (Å²) in [6.45, 7) is 3.86. The molecule has 0 unspecified atom stereocenters. The van der Waals surface area contributed by atoms with Crippen LogP contribution in [0.25, 0.3) is 0 Å². The van der Waals surface area contributed by atoms with Crippen LogP contribution < -0.4 is 10.6 Å². The molecule has 0 bridgehead atoms. The zero-order chi connectivity index (χ0) is 14.4. The topological polar surface area (TPSA) is 42.2 Å². The van der Waals surface area contributed by atoms with E-state index in [9.17, 15) is 0 Å². The van der Waals surface area contributed by atoms with Crippen molar-refractivity contribution in [1.82, 2.24) is 4.98 Å². The van der Waals surface area contributed by atoms with Crippen LogP contribution in [0.2, 0.25) is 0 Å². The molecule has 0 radical (unpaired) electrons. The van der Waals surface area contributed by atoms with Crippen molar-refractivity contribution in [1.29, 1.82) is 0 Å². The van der Waals surface area contributed by atoms with E-state index in [1.165, 1.54) is 53.1 Å². The van der Waals surface area contributed by atoms with Gasteiger partial charge in [-0.1, -0.05) is 29.0 Å². The minimum atomic E-state index is 0.623. The van der Waals surface area contributed by atoms with Crippen LogP contribution in [-0.2, 0) is 13.0 Å².